The molecule has 0 spiro atoms. The predicted molar refractivity (Wildman–Crippen MR) is 262 cm³/mol. The highest BCUT2D eigenvalue weighted by Crippen LogP contribution is 2.51. The first-order valence-electron chi connectivity index (χ1n) is 21.3. The Balaban J connectivity index is 1.24. The van der Waals surface area contributed by atoms with Crippen LogP contribution in [0, 0.1) is 0 Å². The van der Waals surface area contributed by atoms with Crippen LogP contribution < -0.4 is 0 Å². The fraction of sp³-hybridized carbons (Fsp3) is 0. The summed E-state index contributed by atoms with van der Waals surface area (Å²) in [5.74, 6) is 0. The highest BCUT2D eigenvalue weighted by Gasteiger charge is 2.24. The number of rotatable bonds is 3. The van der Waals surface area contributed by atoms with Gasteiger partial charge in [0.25, 0.3) is 0 Å². The van der Waals surface area contributed by atoms with E-state index in [-0.39, 0.29) is 0 Å². The van der Waals surface area contributed by atoms with E-state index in [0.29, 0.717) is 0 Å². The number of benzene rings is 12. The van der Waals surface area contributed by atoms with Crippen molar-refractivity contribution in [1.82, 2.24) is 0 Å². The monoisotopic (exact) mass is 786 g/mol. The first kappa shape index (κ1) is 33.6. The molecule has 0 unspecified atom stereocenters. The maximum atomic E-state index is 6.67. The second-order valence-electron chi connectivity index (χ2n) is 16.6. The van der Waals surface area contributed by atoms with Crippen molar-refractivity contribution in [3.8, 4) is 33.4 Å². The van der Waals surface area contributed by atoms with Crippen LogP contribution in [0.3, 0.4) is 0 Å². The molecule has 0 atom stereocenters. The van der Waals surface area contributed by atoms with Gasteiger partial charge in [0.15, 0.2) is 0 Å². The Morgan fingerprint density at radius 1 is 0.210 bits per heavy atom. The third-order valence-corrected chi connectivity index (χ3v) is 13.4. The van der Waals surface area contributed by atoms with Crippen LogP contribution in [-0.4, -0.2) is 0 Å². The molecule has 0 amide bonds. The zero-order chi connectivity index (χ0) is 40.5. The Morgan fingerprint density at radius 2 is 0.548 bits per heavy atom. The number of furan rings is 2. The minimum absolute atomic E-state index is 0.891. The van der Waals surface area contributed by atoms with Crippen molar-refractivity contribution in [2.45, 2.75) is 0 Å². The van der Waals surface area contributed by atoms with Gasteiger partial charge in [-0.2, -0.15) is 0 Å². The van der Waals surface area contributed by atoms with Gasteiger partial charge in [0.2, 0.25) is 0 Å². The lowest BCUT2D eigenvalue weighted by atomic mass is 9.81. The summed E-state index contributed by atoms with van der Waals surface area (Å²) in [5.41, 5.74) is 10.8. The molecule has 62 heavy (non-hydrogen) atoms. The Hall–Kier alpha value is -8.20. The third kappa shape index (κ3) is 4.64. The molecule has 286 valence electrons. The summed E-state index contributed by atoms with van der Waals surface area (Å²) in [7, 11) is 0. The van der Waals surface area contributed by atoms with Gasteiger partial charge in [-0.15, -0.1) is 0 Å². The van der Waals surface area contributed by atoms with Gasteiger partial charge < -0.3 is 8.83 Å². The second kappa shape index (κ2) is 12.7. The van der Waals surface area contributed by atoms with E-state index in [2.05, 4.69) is 206 Å². The van der Waals surface area contributed by atoms with Crippen molar-refractivity contribution in [2.75, 3.05) is 0 Å². The number of fused-ring (bicyclic) bond motifs is 12. The molecule has 12 aromatic carbocycles. The fourth-order valence-corrected chi connectivity index (χ4v) is 10.8. The fourth-order valence-electron chi connectivity index (χ4n) is 10.8. The van der Waals surface area contributed by atoms with Crippen molar-refractivity contribution < 1.29 is 8.83 Å². The van der Waals surface area contributed by atoms with Gasteiger partial charge in [0, 0.05) is 32.7 Å². The summed E-state index contributed by atoms with van der Waals surface area (Å²) in [6, 6.07) is 75.3. The maximum Gasteiger partial charge on any atom is 0.136 e. The van der Waals surface area contributed by atoms with Gasteiger partial charge in [-0.1, -0.05) is 170 Å². The lowest BCUT2D eigenvalue weighted by Crippen LogP contribution is -1.94. The van der Waals surface area contributed by atoms with Gasteiger partial charge >= 0.3 is 0 Å². The van der Waals surface area contributed by atoms with E-state index in [1.165, 1.54) is 87.2 Å². The third-order valence-electron chi connectivity index (χ3n) is 13.4. The van der Waals surface area contributed by atoms with E-state index in [4.69, 9.17) is 8.83 Å². The smallest absolute Gasteiger partial charge is 0.136 e. The molecule has 0 radical (unpaired) electrons. The summed E-state index contributed by atoms with van der Waals surface area (Å²) in [4.78, 5) is 0. The molecule has 14 aromatic rings. The summed E-state index contributed by atoms with van der Waals surface area (Å²) in [5, 5.41) is 18.9. The van der Waals surface area contributed by atoms with E-state index in [1.54, 1.807) is 0 Å². The van der Waals surface area contributed by atoms with E-state index in [0.717, 1.165) is 54.6 Å². The average molecular weight is 787 g/mol. The normalized spacial score (nSPS) is 12.2. The van der Waals surface area contributed by atoms with Crippen LogP contribution in [0.2, 0.25) is 0 Å². The number of hydrogen-bond donors (Lipinski definition) is 0. The van der Waals surface area contributed by atoms with Crippen molar-refractivity contribution >= 4 is 109 Å². The zero-order valence-electron chi connectivity index (χ0n) is 33.4. The van der Waals surface area contributed by atoms with Gasteiger partial charge in [0.1, 0.15) is 22.3 Å². The van der Waals surface area contributed by atoms with Gasteiger partial charge in [-0.05, 0) is 123 Å². The molecule has 2 heteroatoms. The first-order valence-corrected chi connectivity index (χ1v) is 21.3. The molecule has 2 heterocycles. The molecule has 14 rings (SSSR count). The Labute approximate surface area is 355 Å². The van der Waals surface area contributed by atoms with E-state index < -0.39 is 0 Å². The van der Waals surface area contributed by atoms with E-state index >= 15 is 0 Å². The Kier molecular flexibility index (Phi) is 6.86. The zero-order valence-corrected chi connectivity index (χ0v) is 33.4. The molecule has 0 saturated heterocycles. The molecule has 0 aliphatic carbocycles. The molecule has 0 saturated carbocycles. The van der Waals surface area contributed by atoms with Crippen LogP contribution in [0.15, 0.2) is 215 Å². The molecule has 0 aliphatic heterocycles. The molecule has 0 fully saturated rings. The predicted octanol–water partition coefficient (Wildman–Crippen LogP) is 17.4. The lowest BCUT2D eigenvalue weighted by Gasteiger charge is -2.21. The molecule has 2 nitrogen and oxygen atoms in total. The van der Waals surface area contributed by atoms with Crippen LogP contribution in [0.1, 0.15) is 0 Å². The van der Waals surface area contributed by atoms with Crippen molar-refractivity contribution in [3.05, 3.63) is 206 Å². The summed E-state index contributed by atoms with van der Waals surface area (Å²) in [6.07, 6.45) is 0. The van der Waals surface area contributed by atoms with Crippen molar-refractivity contribution in [1.29, 1.82) is 0 Å². The second-order valence-corrected chi connectivity index (χ2v) is 16.6. The molecule has 0 aliphatic rings. The van der Waals surface area contributed by atoms with Crippen molar-refractivity contribution in [2.24, 2.45) is 0 Å². The van der Waals surface area contributed by atoms with E-state index in [9.17, 15) is 0 Å². The topological polar surface area (TPSA) is 26.3 Å². The van der Waals surface area contributed by atoms with Gasteiger partial charge in [-0.25, -0.2) is 0 Å². The van der Waals surface area contributed by atoms with Crippen LogP contribution in [0.4, 0.5) is 0 Å². The highest BCUT2D eigenvalue weighted by atomic mass is 16.3. The SMILES string of the molecule is c1ccc2c(-c3c4cccc(-c5c6ccccc6cc6oc7ccccc7c56)c4cc4c(-c5c6ccccc6cc6oc7ccccc7c56)cccc34)c3ccccc3cc2c1. The molecule has 0 N–H and O–H groups in total. The van der Waals surface area contributed by atoms with Crippen LogP contribution in [-0.2, 0) is 0 Å². The van der Waals surface area contributed by atoms with Gasteiger partial charge in [-0.3, -0.25) is 0 Å². The molecular formula is C60H34O2. The van der Waals surface area contributed by atoms with Crippen molar-refractivity contribution in [3.63, 3.8) is 0 Å². The standard InChI is InChI=1S/C60H34O2/c1-5-19-39-35(15-1)31-36-16-2-6-20-40(36)55(39)58-45-27-13-25-43(56-41-21-7-3-17-37(41)32-53-59(56)47-23-9-11-29-51(47)61-53)49(45)34-50-44(26-14-28-46(50)58)57-42-22-8-4-18-38(42)33-54-60(57)48-24-10-12-30-52(48)62-54/h1-34H. The molecule has 2 aromatic heterocycles. The Bertz CT molecular complexity index is 3950. The van der Waals surface area contributed by atoms with Gasteiger partial charge in [0.05, 0.1) is 0 Å². The average Bonchev–Trinajstić information content (AvgIpc) is 3.89. The summed E-state index contributed by atoms with van der Waals surface area (Å²) in [6.45, 7) is 0. The van der Waals surface area contributed by atoms with Crippen LogP contribution in [0.5, 0.6) is 0 Å². The number of hydrogen-bond acceptors (Lipinski definition) is 2. The molecular weight excluding hydrogens is 753 g/mol. The highest BCUT2D eigenvalue weighted by molar-refractivity contribution is 6.31. The minimum atomic E-state index is 0.891. The Morgan fingerprint density at radius 3 is 1.00 bits per heavy atom. The summed E-state index contributed by atoms with van der Waals surface area (Å²) < 4.78 is 13.3. The molecule has 0 bridgehead atoms. The van der Waals surface area contributed by atoms with Crippen LogP contribution in [0.25, 0.3) is 142 Å². The minimum Gasteiger partial charge on any atom is -0.456 e. The largest absolute Gasteiger partial charge is 0.456 e. The summed E-state index contributed by atoms with van der Waals surface area (Å²) >= 11 is 0. The lowest BCUT2D eigenvalue weighted by molar-refractivity contribution is 0.669. The first-order chi connectivity index (χ1) is 30.8. The number of para-hydroxylation sites is 2. The quantitative estimate of drug-likeness (QED) is 0.167. The maximum absolute atomic E-state index is 6.67. The van der Waals surface area contributed by atoms with E-state index in [1.807, 2.05) is 0 Å². The van der Waals surface area contributed by atoms with Crippen LogP contribution >= 0.6 is 0 Å².